The van der Waals surface area contributed by atoms with Crippen molar-refractivity contribution in [2.75, 3.05) is 0 Å². The van der Waals surface area contributed by atoms with Crippen molar-refractivity contribution in [1.82, 2.24) is 39.9 Å². The SMILES string of the molecule is NC(=O)c1ccc2c(c1)-c1nc-2nc2[n-]c(nc3nc(nc4[n-]c(n1)c1ccc(C(N)=O)cc41)-c1ccc(C(N)=O)cc1-3)c1ccc(C(N)=O)cc21.[Co+2]. The molecule has 257 valence electrons. The Morgan fingerprint density at radius 3 is 1.04 bits per heavy atom. The van der Waals surface area contributed by atoms with E-state index >= 15 is 0 Å². The summed E-state index contributed by atoms with van der Waals surface area (Å²) in [6.07, 6.45) is 0. The summed E-state index contributed by atoms with van der Waals surface area (Å²) in [5.41, 5.74) is 26.0. The molecular weight excluding hydrogens is 723 g/mol. The molecule has 0 saturated carbocycles. The van der Waals surface area contributed by atoms with Gasteiger partial charge in [-0.05, 0) is 70.1 Å². The maximum absolute atomic E-state index is 12.2. The molecule has 53 heavy (non-hydrogen) atoms. The Morgan fingerprint density at radius 1 is 0.377 bits per heavy atom. The van der Waals surface area contributed by atoms with Gasteiger partial charge in [-0.15, -0.1) is 0 Å². The van der Waals surface area contributed by atoms with Crippen LogP contribution in [0, 0.1) is 0 Å². The van der Waals surface area contributed by atoms with Gasteiger partial charge in [-0.25, -0.2) is 9.97 Å². The van der Waals surface area contributed by atoms with E-state index in [0.29, 0.717) is 43.8 Å². The average molecular weight is 744 g/mol. The number of benzene rings is 4. The van der Waals surface area contributed by atoms with E-state index in [9.17, 15) is 19.2 Å². The van der Waals surface area contributed by atoms with Crippen LogP contribution in [0.2, 0.25) is 0 Å². The predicted molar refractivity (Wildman–Crippen MR) is 188 cm³/mol. The summed E-state index contributed by atoms with van der Waals surface area (Å²) in [5.74, 6) is -1.94. The molecule has 0 saturated heterocycles. The molecule has 17 heteroatoms. The Balaban J connectivity index is 0.00000400. The van der Waals surface area contributed by atoms with Crippen LogP contribution in [0.4, 0.5) is 0 Å². The molecule has 0 fully saturated rings. The molecule has 4 amide bonds. The number of aromatic nitrogens is 8. The number of rotatable bonds is 4. The van der Waals surface area contributed by atoms with Crippen LogP contribution in [-0.4, -0.2) is 53.5 Å². The molecule has 8 N–H and O–H groups in total. The fourth-order valence-corrected chi connectivity index (χ4v) is 6.28. The fraction of sp³-hybridized carbons (Fsp3) is 0. The van der Waals surface area contributed by atoms with Gasteiger partial charge in [0.15, 0.2) is 0 Å². The van der Waals surface area contributed by atoms with Gasteiger partial charge in [0.25, 0.3) is 0 Å². The van der Waals surface area contributed by atoms with Crippen LogP contribution in [-0.2, 0) is 16.8 Å². The molecule has 1 radical (unpaired) electrons. The molecule has 8 bridgehead atoms. The van der Waals surface area contributed by atoms with Gasteiger partial charge in [-0.3, -0.25) is 19.2 Å². The van der Waals surface area contributed by atoms with Crippen LogP contribution in [0.15, 0.2) is 72.8 Å². The minimum Gasteiger partial charge on any atom is -0.366 e. The number of hydrogen-bond donors (Lipinski definition) is 4. The Labute approximate surface area is 306 Å². The average Bonchev–Trinajstić information content (AvgIpc) is 3.85. The Bertz CT molecular complexity index is 2810. The third kappa shape index (κ3) is 5.22. The summed E-state index contributed by atoms with van der Waals surface area (Å²) in [7, 11) is 0. The molecule has 0 spiro atoms. The molecule has 7 aromatic rings. The first-order valence-corrected chi connectivity index (χ1v) is 15.5. The maximum atomic E-state index is 12.2. The first-order chi connectivity index (χ1) is 25.0. The molecule has 5 heterocycles. The minimum absolute atomic E-state index is 0. The Hall–Kier alpha value is -7.37. The number of nitrogens with zero attached hydrogens (tertiary/aromatic N) is 8. The summed E-state index contributed by atoms with van der Waals surface area (Å²) < 4.78 is 0. The molecule has 16 nitrogen and oxygen atoms in total. The van der Waals surface area contributed by atoms with Crippen molar-refractivity contribution >= 4 is 67.8 Å². The monoisotopic (exact) mass is 743 g/mol. The van der Waals surface area contributed by atoms with Crippen molar-refractivity contribution in [2.24, 2.45) is 22.9 Å². The van der Waals surface area contributed by atoms with Gasteiger partial charge in [0.05, 0.1) is 23.3 Å². The van der Waals surface area contributed by atoms with E-state index in [-0.39, 0.29) is 84.9 Å². The molecule has 3 aromatic heterocycles. The van der Waals surface area contributed by atoms with Crippen molar-refractivity contribution in [2.45, 2.75) is 0 Å². The van der Waals surface area contributed by atoms with Crippen LogP contribution in [0.5, 0.6) is 0 Å². The number of carbonyl (C=O) groups is 4. The van der Waals surface area contributed by atoms with Crippen LogP contribution in [0.1, 0.15) is 41.4 Å². The zero-order valence-corrected chi connectivity index (χ0v) is 27.8. The van der Waals surface area contributed by atoms with Gasteiger partial charge in [0.1, 0.15) is 0 Å². The van der Waals surface area contributed by atoms with Crippen molar-refractivity contribution in [1.29, 1.82) is 0 Å². The van der Waals surface area contributed by atoms with E-state index in [1.165, 1.54) is 0 Å². The number of amides is 4. The Kier molecular flexibility index (Phi) is 7.34. The van der Waals surface area contributed by atoms with E-state index in [0.717, 1.165) is 0 Å². The van der Waals surface area contributed by atoms with Gasteiger partial charge < -0.3 is 52.8 Å². The van der Waals surface area contributed by atoms with Crippen molar-refractivity contribution in [3.8, 4) is 45.6 Å². The summed E-state index contributed by atoms with van der Waals surface area (Å²) in [6, 6.07) is 19.0. The second-order valence-electron chi connectivity index (χ2n) is 12.0. The van der Waals surface area contributed by atoms with Crippen molar-refractivity contribution in [3.63, 3.8) is 0 Å². The number of fused-ring (bicyclic) bond motifs is 20. The first-order valence-electron chi connectivity index (χ1n) is 15.5. The molecule has 2 aliphatic rings. The molecule has 0 atom stereocenters. The number of nitrogens with two attached hydrogens (primary N) is 4. The van der Waals surface area contributed by atoms with Crippen molar-refractivity contribution < 1.29 is 36.0 Å². The normalized spacial score (nSPS) is 11.5. The van der Waals surface area contributed by atoms with Gasteiger partial charge in [-0.2, -0.15) is 0 Å². The number of primary amides is 4. The molecule has 2 aliphatic heterocycles. The quantitative estimate of drug-likeness (QED) is 0.202. The van der Waals surface area contributed by atoms with Crippen LogP contribution >= 0.6 is 0 Å². The van der Waals surface area contributed by atoms with E-state index in [1.807, 2.05) is 0 Å². The van der Waals surface area contributed by atoms with E-state index in [2.05, 4.69) is 0 Å². The van der Waals surface area contributed by atoms with E-state index in [4.69, 9.17) is 62.8 Å². The third-order valence-electron chi connectivity index (χ3n) is 8.84. The van der Waals surface area contributed by atoms with Gasteiger partial charge in [0.2, 0.25) is 23.6 Å². The predicted octanol–water partition coefficient (Wildman–Crippen LogP) is 2.52. The van der Waals surface area contributed by atoms with Gasteiger partial charge >= 0.3 is 16.8 Å². The smallest absolute Gasteiger partial charge is 0.366 e. The summed E-state index contributed by atoms with van der Waals surface area (Å²) in [6.45, 7) is 0. The van der Waals surface area contributed by atoms with Crippen LogP contribution < -0.4 is 32.9 Å². The van der Waals surface area contributed by atoms with Crippen LogP contribution in [0.25, 0.3) is 89.7 Å². The second-order valence-corrected chi connectivity index (χ2v) is 12.0. The molecule has 0 aliphatic carbocycles. The zero-order valence-electron chi connectivity index (χ0n) is 26.8. The van der Waals surface area contributed by atoms with Crippen LogP contribution in [0.3, 0.4) is 0 Å². The summed E-state index contributed by atoms with van der Waals surface area (Å²) in [5, 5.41) is 1.91. The molecule has 4 aromatic carbocycles. The van der Waals surface area contributed by atoms with E-state index < -0.39 is 23.6 Å². The second kappa shape index (κ2) is 11.9. The molecule has 0 unspecified atom stereocenters. The third-order valence-corrected chi connectivity index (χ3v) is 8.84. The first kappa shape index (κ1) is 32.8. The van der Waals surface area contributed by atoms with Gasteiger partial charge in [-0.1, -0.05) is 24.3 Å². The summed E-state index contributed by atoms with van der Waals surface area (Å²) in [4.78, 5) is 87.1. The standard InChI is InChI=1S/C36H22N12O4.Co/c37-25(49)13-1-5-17-21(9-13)33-41-29(17)45-34-22-10-14(26(38)50)2-6-18(22)31(42-34)47-36-24-12-16(28(40)52)4-8-20(24)32(44-36)48-35-23-11-15(27(39)51)3-7-19(23)30(43-35)46-33;/h1-12H,(H10,37,38,39,40,41,42,43,44,45,46,47,48,49,50,51,52);/q;+2/p-2. The Morgan fingerprint density at radius 2 is 0.679 bits per heavy atom. The number of carbonyl (C=O) groups excluding carboxylic acids is 4. The minimum atomic E-state index is -0.659. The molecular formula is C36H20CoN12O4. The molecule has 9 rings (SSSR count). The van der Waals surface area contributed by atoms with Gasteiger partial charge in [0, 0.05) is 67.1 Å². The number of hydrogen-bond acceptors (Lipinski definition) is 10. The van der Waals surface area contributed by atoms with E-state index in [1.54, 1.807) is 72.8 Å². The summed E-state index contributed by atoms with van der Waals surface area (Å²) >= 11 is 0. The van der Waals surface area contributed by atoms with Crippen molar-refractivity contribution in [3.05, 3.63) is 95.1 Å². The zero-order chi connectivity index (χ0) is 36.0. The fourth-order valence-electron chi connectivity index (χ4n) is 6.28. The maximum Gasteiger partial charge on any atom is 2.00 e. The topological polar surface area (TPSA) is 278 Å². The largest absolute Gasteiger partial charge is 2.00 e.